The van der Waals surface area contributed by atoms with Gasteiger partial charge >= 0.3 is 0 Å². The van der Waals surface area contributed by atoms with Crippen molar-refractivity contribution in [1.29, 1.82) is 0 Å². The second-order valence-corrected chi connectivity index (χ2v) is 11.9. The van der Waals surface area contributed by atoms with E-state index in [0.29, 0.717) is 0 Å². The largest absolute Gasteiger partial charge is 0.413 e. The molecule has 2 heterocycles. The van der Waals surface area contributed by atoms with Crippen LogP contribution < -0.4 is 0 Å². The molecule has 3 atom stereocenters. The van der Waals surface area contributed by atoms with E-state index in [4.69, 9.17) is 4.43 Å². The van der Waals surface area contributed by atoms with Gasteiger partial charge in [0, 0.05) is 5.70 Å². The van der Waals surface area contributed by atoms with Crippen LogP contribution in [0.15, 0.2) is 24.4 Å². The number of fused-ring (bicyclic) bond motifs is 1. The molecule has 0 aromatic heterocycles. The normalized spacial score (nSPS) is 28.4. The van der Waals surface area contributed by atoms with Crippen molar-refractivity contribution in [2.75, 3.05) is 0 Å². The molecule has 2 aliphatic rings. The summed E-state index contributed by atoms with van der Waals surface area (Å²) >= 11 is 0. The molecule has 2 rings (SSSR count). The fourth-order valence-corrected chi connectivity index (χ4v) is 3.98. The summed E-state index contributed by atoms with van der Waals surface area (Å²) in [6.07, 6.45) is 3.98. The summed E-state index contributed by atoms with van der Waals surface area (Å²) in [6, 6.07) is 0.166. The third kappa shape index (κ3) is 2.21. The summed E-state index contributed by atoms with van der Waals surface area (Å²) in [5, 5.41) is 0.169. The van der Waals surface area contributed by atoms with Crippen molar-refractivity contribution in [3.8, 4) is 0 Å². The topological polar surface area (TPSA) is 29.5 Å². The molecule has 19 heavy (non-hydrogen) atoms. The van der Waals surface area contributed by atoms with Gasteiger partial charge in [0.05, 0.1) is 18.1 Å². The third-order valence-electron chi connectivity index (χ3n) is 4.78. The maximum Gasteiger partial charge on any atom is 0.235 e. The van der Waals surface area contributed by atoms with Crippen LogP contribution in [0.1, 0.15) is 27.7 Å². The first-order valence-electron chi connectivity index (χ1n) is 6.94. The lowest BCUT2D eigenvalue weighted by Crippen LogP contribution is -2.62. The van der Waals surface area contributed by atoms with Crippen molar-refractivity contribution < 1.29 is 9.22 Å². The van der Waals surface area contributed by atoms with Crippen molar-refractivity contribution >= 4 is 14.2 Å². The van der Waals surface area contributed by atoms with Crippen LogP contribution in [-0.4, -0.2) is 31.3 Å². The molecule has 0 saturated carbocycles. The number of carbonyl (C=O) groups excluding carboxylic acids is 1. The highest BCUT2D eigenvalue weighted by atomic mass is 28.4. The lowest BCUT2D eigenvalue weighted by atomic mass is 9.85. The molecule has 0 bridgehead atoms. The van der Waals surface area contributed by atoms with Crippen LogP contribution in [0.2, 0.25) is 18.1 Å². The quantitative estimate of drug-likeness (QED) is 0.586. The molecule has 0 unspecified atom stereocenters. The Labute approximate surface area is 117 Å². The Hall–Kier alpha value is -0.873. The number of allylic oxidation sites excluding steroid dienone is 1. The van der Waals surface area contributed by atoms with Crippen molar-refractivity contribution in [3.05, 3.63) is 24.4 Å². The molecule has 0 radical (unpaired) electrons. The molecule has 3 nitrogen and oxygen atoms in total. The van der Waals surface area contributed by atoms with Gasteiger partial charge in [-0.3, -0.25) is 4.79 Å². The van der Waals surface area contributed by atoms with Gasteiger partial charge in [0.2, 0.25) is 5.91 Å². The van der Waals surface area contributed by atoms with E-state index in [1.165, 1.54) is 0 Å². The molecule has 0 aromatic rings. The van der Waals surface area contributed by atoms with Gasteiger partial charge in [-0.15, -0.1) is 0 Å². The van der Waals surface area contributed by atoms with E-state index >= 15 is 0 Å². The monoisotopic (exact) mass is 279 g/mol. The highest BCUT2D eigenvalue weighted by molar-refractivity contribution is 6.74. The molecule has 1 saturated heterocycles. The third-order valence-corrected chi connectivity index (χ3v) is 9.35. The number of carbonyl (C=O) groups is 1. The number of hydrogen-bond acceptors (Lipinski definition) is 2. The van der Waals surface area contributed by atoms with E-state index in [0.717, 1.165) is 5.70 Å². The Morgan fingerprint density at radius 2 is 2.00 bits per heavy atom. The first-order valence-corrected chi connectivity index (χ1v) is 9.85. The van der Waals surface area contributed by atoms with E-state index in [-0.39, 0.29) is 29.0 Å². The van der Waals surface area contributed by atoms with E-state index < -0.39 is 8.32 Å². The van der Waals surface area contributed by atoms with Gasteiger partial charge in [-0.05, 0) is 31.1 Å². The molecule has 106 valence electrons. The molecular weight excluding hydrogens is 254 g/mol. The highest BCUT2D eigenvalue weighted by Gasteiger charge is 2.53. The summed E-state index contributed by atoms with van der Waals surface area (Å²) in [5.41, 5.74) is 0.811. The lowest BCUT2D eigenvalue weighted by Gasteiger charge is -2.48. The zero-order chi connectivity index (χ0) is 14.6. The van der Waals surface area contributed by atoms with E-state index in [1.807, 2.05) is 13.0 Å². The van der Waals surface area contributed by atoms with E-state index in [1.54, 1.807) is 4.90 Å². The smallest absolute Gasteiger partial charge is 0.235 e. The van der Waals surface area contributed by atoms with Gasteiger partial charge in [0.1, 0.15) is 0 Å². The Bertz CT molecular complexity index is 448. The fourth-order valence-electron chi connectivity index (χ4n) is 2.55. The number of β-lactam (4-membered cyclic amide) rings is 1. The molecular formula is C15H25NO2Si. The van der Waals surface area contributed by atoms with Crippen LogP contribution >= 0.6 is 0 Å². The fraction of sp³-hybridized carbons (Fsp3) is 0.667. The van der Waals surface area contributed by atoms with Crippen molar-refractivity contribution in [2.24, 2.45) is 5.92 Å². The minimum Gasteiger partial charge on any atom is -0.413 e. The summed E-state index contributed by atoms with van der Waals surface area (Å²) < 4.78 is 6.35. The lowest BCUT2D eigenvalue weighted by molar-refractivity contribution is -0.153. The molecule has 0 aliphatic carbocycles. The molecule has 0 aromatic carbocycles. The summed E-state index contributed by atoms with van der Waals surface area (Å²) in [5.74, 6) is 0.121. The van der Waals surface area contributed by atoms with Crippen molar-refractivity contribution in [1.82, 2.24) is 4.90 Å². The van der Waals surface area contributed by atoms with Crippen LogP contribution in [0.3, 0.4) is 0 Å². The van der Waals surface area contributed by atoms with Crippen molar-refractivity contribution in [3.63, 3.8) is 0 Å². The van der Waals surface area contributed by atoms with Crippen LogP contribution in [-0.2, 0) is 9.22 Å². The Kier molecular flexibility index (Phi) is 3.30. The van der Waals surface area contributed by atoms with Gasteiger partial charge in [-0.25, -0.2) is 0 Å². The minimum absolute atomic E-state index is 0.0230. The predicted molar refractivity (Wildman–Crippen MR) is 80.1 cm³/mol. The minimum atomic E-state index is -1.82. The molecule has 4 heteroatoms. The number of amides is 1. The predicted octanol–water partition coefficient (Wildman–Crippen LogP) is 3.31. The maximum absolute atomic E-state index is 12.2. The first kappa shape index (κ1) is 14.5. The van der Waals surface area contributed by atoms with Crippen molar-refractivity contribution in [2.45, 2.75) is 58.0 Å². The van der Waals surface area contributed by atoms with Crippen LogP contribution in [0.5, 0.6) is 0 Å². The maximum atomic E-state index is 12.2. The molecule has 0 spiro atoms. The van der Waals surface area contributed by atoms with E-state index in [9.17, 15) is 4.79 Å². The summed E-state index contributed by atoms with van der Waals surface area (Å²) in [4.78, 5) is 14.0. The molecule has 1 fully saturated rings. The van der Waals surface area contributed by atoms with Gasteiger partial charge in [-0.1, -0.05) is 33.4 Å². The number of rotatable bonds is 3. The second-order valence-electron chi connectivity index (χ2n) is 7.16. The number of nitrogens with zero attached hydrogens (tertiary/aromatic N) is 1. The molecule has 1 amide bonds. The van der Waals surface area contributed by atoms with Crippen LogP contribution in [0.4, 0.5) is 0 Å². The molecule has 2 aliphatic heterocycles. The Morgan fingerprint density at radius 3 is 2.53 bits per heavy atom. The SMILES string of the molecule is C=C1C=C[C@@H]2[C@H]([C@@H](C)O[Si](C)(C)C(C)(C)C)C(=O)N12. The Morgan fingerprint density at radius 1 is 1.42 bits per heavy atom. The second kappa shape index (κ2) is 4.32. The average molecular weight is 279 g/mol. The zero-order valence-electron chi connectivity index (χ0n) is 12.9. The zero-order valence-corrected chi connectivity index (χ0v) is 13.9. The van der Waals surface area contributed by atoms with Gasteiger partial charge in [-0.2, -0.15) is 0 Å². The van der Waals surface area contributed by atoms with Gasteiger partial charge < -0.3 is 9.33 Å². The van der Waals surface area contributed by atoms with Crippen LogP contribution in [0.25, 0.3) is 0 Å². The van der Waals surface area contributed by atoms with Gasteiger partial charge in [0.15, 0.2) is 8.32 Å². The summed E-state index contributed by atoms with van der Waals surface area (Å²) in [7, 11) is -1.82. The summed E-state index contributed by atoms with van der Waals surface area (Å²) in [6.45, 7) is 17.0. The number of hydrogen-bond donors (Lipinski definition) is 0. The molecule has 0 N–H and O–H groups in total. The van der Waals surface area contributed by atoms with Gasteiger partial charge in [0.25, 0.3) is 0 Å². The van der Waals surface area contributed by atoms with E-state index in [2.05, 4.69) is 46.5 Å². The Balaban J connectivity index is 2.07. The first-order chi connectivity index (χ1) is 8.56. The highest BCUT2D eigenvalue weighted by Crippen LogP contribution is 2.43. The average Bonchev–Trinajstić information content (AvgIpc) is 2.52. The standard InChI is InChI=1S/C15H25NO2Si/c1-10-8-9-12-13(14(17)16(10)12)11(2)18-19(6,7)15(3,4)5/h8-9,11-13H,1H2,2-7H3/t11-,12-,13+/m1/s1. The van der Waals surface area contributed by atoms with Crippen LogP contribution in [0, 0.1) is 5.92 Å².